The maximum atomic E-state index is 12.9. The average Bonchev–Trinajstić information content (AvgIpc) is 3.32. The second kappa shape index (κ2) is 11.5. The van der Waals surface area contributed by atoms with Gasteiger partial charge >= 0.3 is 0 Å². The van der Waals surface area contributed by atoms with Crippen LogP contribution >= 0.6 is 15.9 Å². The summed E-state index contributed by atoms with van der Waals surface area (Å²) in [4.78, 5) is 12.9. The Kier molecular flexibility index (Phi) is 8.78. The number of hydrogen-bond donors (Lipinski definition) is 4. The monoisotopic (exact) mass is 537 g/mol. The Morgan fingerprint density at radius 2 is 2.12 bits per heavy atom. The number of nitrogens with one attached hydrogen (secondary N) is 3. The number of sulfonamides is 1. The lowest BCUT2D eigenvalue weighted by Gasteiger charge is -2.16. The van der Waals surface area contributed by atoms with Gasteiger partial charge in [0, 0.05) is 37.4 Å². The zero-order valence-electron chi connectivity index (χ0n) is 18.5. The van der Waals surface area contributed by atoms with Crippen LogP contribution in [-0.4, -0.2) is 52.2 Å². The number of rotatable bonds is 12. The Hall–Kier alpha value is -2.54. The molecule has 10 nitrogen and oxygen atoms in total. The third-order valence-electron chi connectivity index (χ3n) is 4.98. The second-order valence-corrected chi connectivity index (χ2v) is 10.1. The zero-order valence-corrected chi connectivity index (χ0v) is 20.9. The molecule has 0 saturated carbocycles. The number of nitrogens with zero attached hydrogens (tertiary/aromatic N) is 4. The Morgan fingerprint density at radius 1 is 1.30 bits per heavy atom. The van der Waals surface area contributed by atoms with E-state index in [1.165, 1.54) is 0 Å². The molecule has 0 fully saturated rings. The molecular formula is C21H28BrN7O3S. The molecule has 12 heteroatoms. The number of benzene rings is 1. The first-order valence-corrected chi connectivity index (χ1v) is 12.8. The van der Waals surface area contributed by atoms with Crippen LogP contribution in [0.1, 0.15) is 25.3 Å². The van der Waals surface area contributed by atoms with Crippen LogP contribution in [0.5, 0.6) is 0 Å². The first-order valence-electron chi connectivity index (χ1n) is 10.6. The number of hydrogen-bond acceptors (Lipinski definition) is 8. The first-order chi connectivity index (χ1) is 15.8. The smallest absolute Gasteiger partial charge is 0.240 e. The molecule has 0 aliphatic heterocycles. The summed E-state index contributed by atoms with van der Waals surface area (Å²) < 4.78 is 31.0. The van der Waals surface area contributed by atoms with Crippen LogP contribution < -0.4 is 15.4 Å². The molecule has 3 rings (SSSR count). The van der Waals surface area contributed by atoms with Crippen LogP contribution in [0.4, 0.5) is 17.5 Å². The summed E-state index contributed by atoms with van der Waals surface area (Å²) in [6.07, 6.45) is 8.19. The van der Waals surface area contributed by atoms with Gasteiger partial charge in [-0.1, -0.05) is 13.0 Å². The summed E-state index contributed by atoms with van der Waals surface area (Å²) in [6.45, 7) is 4.68. The SMILES string of the molecule is CCC(CO)Nc1nc(Nc2ccc(C)c(S(=O)(=O)NCCCn3ccnc3)c2)ncc1Br. The van der Waals surface area contributed by atoms with E-state index in [2.05, 4.69) is 46.2 Å². The molecule has 0 bridgehead atoms. The van der Waals surface area contributed by atoms with E-state index < -0.39 is 10.0 Å². The molecule has 0 saturated heterocycles. The highest BCUT2D eigenvalue weighted by Gasteiger charge is 2.17. The third-order valence-corrected chi connectivity index (χ3v) is 7.16. The maximum Gasteiger partial charge on any atom is 0.240 e. The zero-order chi connectivity index (χ0) is 23.8. The van der Waals surface area contributed by atoms with Crippen molar-refractivity contribution in [2.24, 2.45) is 0 Å². The predicted octanol–water partition coefficient (Wildman–Crippen LogP) is 3.04. The van der Waals surface area contributed by atoms with Gasteiger partial charge in [-0.25, -0.2) is 23.1 Å². The molecule has 1 aromatic carbocycles. The molecule has 2 aromatic heterocycles. The van der Waals surface area contributed by atoms with Gasteiger partial charge in [-0.15, -0.1) is 0 Å². The number of aliphatic hydroxyl groups excluding tert-OH is 1. The highest BCUT2D eigenvalue weighted by molar-refractivity contribution is 9.10. The fraction of sp³-hybridized carbons (Fsp3) is 0.381. The van der Waals surface area contributed by atoms with Crippen LogP contribution in [0.2, 0.25) is 0 Å². The quantitative estimate of drug-likeness (QED) is 0.259. The number of aromatic nitrogens is 4. The van der Waals surface area contributed by atoms with E-state index in [1.807, 2.05) is 17.7 Å². The molecule has 178 valence electrons. The van der Waals surface area contributed by atoms with Gasteiger partial charge in [-0.3, -0.25) is 0 Å². The number of aryl methyl sites for hydroxylation is 2. The van der Waals surface area contributed by atoms with Crippen molar-refractivity contribution in [2.45, 2.75) is 44.2 Å². The van der Waals surface area contributed by atoms with Gasteiger partial charge in [-0.05, 0) is 53.4 Å². The van der Waals surface area contributed by atoms with Gasteiger partial charge in [0.15, 0.2) is 0 Å². The van der Waals surface area contributed by atoms with E-state index in [1.54, 1.807) is 43.8 Å². The van der Waals surface area contributed by atoms with Crippen molar-refractivity contribution in [3.8, 4) is 0 Å². The van der Waals surface area contributed by atoms with Crippen molar-refractivity contribution in [1.82, 2.24) is 24.2 Å². The van der Waals surface area contributed by atoms with Gasteiger partial charge in [0.05, 0.1) is 28.3 Å². The molecule has 1 atom stereocenters. The Bertz CT molecular complexity index is 1150. The number of aliphatic hydroxyl groups is 1. The molecule has 33 heavy (non-hydrogen) atoms. The molecule has 2 heterocycles. The fourth-order valence-corrected chi connectivity index (χ4v) is 4.71. The van der Waals surface area contributed by atoms with E-state index in [4.69, 9.17) is 0 Å². The van der Waals surface area contributed by atoms with Gasteiger partial charge in [0.25, 0.3) is 0 Å². The molecule has 3 aromatic rings. The van der Waals surface area contributed by atoms with E-state index in [-0.39, 0.29) is 17.5 Å². The summed E-state index contributed by atoms with van der Waals surface area (Å²) in [7, 11) is -3.69. The summed E-state index contributed by atoms with van der Waals surface area (Å²) >= 11 is 3.40. The van der Waals surface area contributed by atoms with Crippen LogP contribution in [-0.2, 0) is 16.6 Å². The molecule has 0 aliphatic carbocycles. The van der Waals surface area contributed by atoms with Crippen LogP contribution in [0, 0.1) is 6.92 Å². The van der Waals surface area contributed by atoms with E-state index >= 15 is 0 Å². The van der Waals surface area contributed by atoms with Crippen LogP contribution in [0.3, 0.4) is 0 Å². The van der Waals surface area contributed by atoms with E-state index in [0.717, 1.165) is 6.42 Å². The van der Waals surface area contributed by atoms with Crippen molar-refractivity contribution in [3.05, 3.63) is 53.2 Å². The fourth-order valence-electron chi connectivity index (χ4n) is 3.06. The first kappa shape index (κ1) is 25.1. The molecule has 0 amide bonds. The van der Waals surface area contributed by atoms with Crippen molar-refractivity contribution in [2.75, 3.05) is 23.8 Å². The third kappa shape index (κ3) is 6.97. The summed E-state index contributed by atoms with van der Waals surface area (Å²) in [5.41, 5.74) is 1.18. The molecule has 4 N–H and O–H groups in total. The van der Waals surface area contributed by atoms with E-state index in [9.17, 15) is 13.5 Å². The lowest BCUT2D eigenvalue weighted by atomic mass is 10.2. The van der Waals surface area contributed by atoms with Gasteiger partial charge in [0.1, 0.15) is 5.82 Å². The van der Waals surface area contributed by atoms with Crippen molar-refractivity contribution < 1.29 is 13.5 Å². The van der Waals surface area contributed by atoms with Gasteiger partial charge < -0.3 is 20.3 Å². The molecule has 0 spiro atoms. The number of imidazole rings is 1. The normalized spacial score (nSPS) is 12.5. The largest absolute Gasteiger partial charge is 0.394 e. The second-order valence-electron chi connectivity index (χ2n) is 7.48. The van der Waals surface area contributed by atoms with Gasteiger partial charge in [-0.2, -0.15) is 4.98 Å². The minimum absolute atomic E-state index is 0.0236. The van der Waals surface area contributed by atoms with E-state index in [0.29, 0.717) is 47.0 Å². The van der Waals surface area contributed by atoms with Crippen molar-refractivity contribution in [1.29, 1.82) is 0 Å². The Morgan fingerprint density at radius 3 is 2.82 bits per heavy atom. The topological polar surface area (TPSA) is 134 Å². The van der Waals surface area contributed by atoms with Crippen LogP contribution in [0.15, 0.2) is 52.5 Å². The predicted molar refractivity (Wildman–Crippen MR) is 131 cm³/mol. The van der Waals surface area contributed by atoms with Crippen molar-refractivity contribution in [3.63, 3.8) is 0 Å². The Labute approximate surface area is 202 Å². The van der Waals surface area contributed by atoms with Crippen LogP contribution in [0.25, 0.3) is 0 Å². The lowest BCUT2D eigenvalue weighted by Crippen LogP contribution is -2.26. The Balaban J connectivity index is 1.70. The average molecular weight is 538 g/mol. The summed E-state index contributed by atoms with van der Waals surface area (Å²) in [6, 6.07) is 4.93. The van der Waals surface area contributed by atoms with Crippen molar-refractivity contribution >= 4 is 43.4 Å². The molecule has 0 radical (unpaired) electrons. The maximum absolute atomic E-state index is 12.9. The minimum atomic E-state index is -3.69. The standard InChI is InChI=1S/C21H28BrN7O3S/c1-3-16(13-30)26-20-18(22)12-24-21(28-20)27-17-6-5-15(2)19(11-17)33(31,32)25-7-4-9-29-10-8-23-14-29/h5-6,8,10-12,14,16,25,30H,3-4,7,9,13H2,1-2H3,(H2,24,26,27,28). The number of anilines is 3. The molecule has 1 unspecified atom stereocenters. The van der Waals surface area contributed by atoms with Gasteiger partial charge in [0.2, 0.25) is 16.0 Å². The lowest BCUT2D eigenvalue weighted by molar-refractivity contribution is 0.271. The summed E-state index contributed by atoms with van der Waals surface area (Å²) in [5, 5.41) is 15.7. The number of halogens is 1. The molecular weight excluding hydrogens is 510 g/mol. The highest BCUT2D eigenvalue weighted by atomic mass is 79.9. The minimum Gasteiger partial charge on any atom is -0.394 e. The highest BCUT2D eigenvalue weighted by Crippen LogP contribution is 2.25. The molecule has 0 aliphatic rings. The summed E-state index contributed by atoms with van der Waals surface area (Å²) in [5.74, 6) is 0.835.